The Hall–Kier alpha value is -2.37. The number of methoxy groups -OCH3 is 1. The van der Waals surface area contributed by atoms with E-state index in [1.807, 2.05) is 31.2 Å². The number of nitrogens with one attached hydrogen (secondary N) is 1. The summed E-state index contributed by atoms with van der Waals surface area (Å²) in [7, 11) is 3.17. The van der Waals surface area contributed by atoms with Gasteiger partial charge >= 0.3 is 0 Å². The molecule has 1 aliphatic rings. The fourth-order valence-electron chi connectivity index (χ4n) is 2.43. The molecule has 0 unspecified atom stereocenters. The highest BCUT2D eigenvalue weighted by molar-refractivity contribution is 6.39. The normalized spacial score (nSPS) is 16.0. The molecule has 1 aliphatic heterocycles. The molecule has 2 amide bonds. The molecule has 22 heavy (non-hydrogen) atoms. The second kappa shape index (κ2) is 7.06. The molecule has 2 rings (SSSR count). The number of hydrogen-bond donors (Lipinski definition) is 1. The van der Waals surface area contributed by atoms with Crippen molar-refractivity contribution < 1.29 is 14.3 Å². The van der Waals surface area contributed by atoms with Crippen molar-refractivity contribution in [2.45, 2.75) is 32.2 Å². The summed E-state index contributed by atoms with van der Waals surface area (Å²) < 4.78 is 5.35. The van der Waals surface area contributed by atoms with Crippen LogP contribution < -0.4 is 10.1 Å². The molecule has 6 heteroatoms. The lowest BCUT2D eigenvalue weighted by molar-refractivity contribution is -0.130. The summed E-state index contributed by atoms with van der Waals surface area (Å²) in [6.45, 7) is 2.00. The van der Waals surface area contributed by atoms with Crippen LogP contribution in [-0.2, 0) is 9.59 Å². The van der Waals surface area contributed by atoms with Crippen LogP contribution in [0.4, 0.5) is 0 Å². The smallest absolute Gasteiger partial charge is 0.267 e. The van der Waals surface area contributed by atoms with Crippen molar-refractivity contribution in [1.29, 1.82) is 0 Å². The molecular formula is C16H21N3O3. The van der Waals surface area contributed by atoms with Crippen LogP contribution in [0, 0.1) is 0 Å². The van der Waals surface area contributed by atoms with E-state index in [9.17, 15) is 9.59 Å². The summed E-state index contributed by atoms with van der Waals surface area (Å²) in [4.78, 5) is 23.8. The van der Waals surface area contributed by atoms with Gasteiger partial charge in [0, 0.05) is 25.5 Å². The van der Waals surface area contributed by atoms with Crippen LogP contribution in [0.5, 0.6) is 5.75 Å². The first-order valence-electron chi connectivity index (χ1n) is 7.34. The van der Waals surface area contributed by atoms with Gasteiger partial charge in [0.15, 0.2) is 0 Å². The summed E-state index contributed by atoms with van der Waals surface area (Å²) >= 11 is 0. The zero-order valence-corrected chi connectivity index (χ0v) is 13.1. The molecule has 0 bridgehead atoms. The van der Waals surface area contributed by atoms with Crippen LogP contribution in [0.1, 0.15) is 37.8 Å². The van der Waals surface area contributed by atoms with E-state index in [2.05, 4.69) is 10.4 Å². The summed E-state index contributed by atoms with van der Waals surface area (Å²) in [5, 5.41) is 8.24. The topological polar surface area (TPSA) is 71.0 Å². The lowest BCUT2D eigenvalue weighted by Gasteiger charge is -2.23. The number of carbonyl (C=O) groups excluding carboxylic acids is 2. The maximum absolute atomic E-state index is 12.4. The molecule has 0 radical (unpaired) electrons. The van der Waals surface area contributed by atoms with E-state index in [0.29, 0.717) is 18.6 Å². The van der Waals surface area contributed by atoms with Crippen LogP contribution >= 0.6 is 0 Å². The molecule has 1 heterocycles. The molecule has 0 aliphatic carbocycles. The minimum absolute atomic E-state index is 0.0756. The minimum atomic E-state index is -0.239. The van der Waals surface area contributed by atoms with Crippen molar-refractivity contribution in [3.8, 4) is 5.75 Å². The maximum Gasteiger partial charge on any atom is 0.267 e. The Morgan fingerprint density at radius 2 is 2.14 bits per heavy atom. The SMILES string of the molecule is CC[C@H](NC(=O)C1=NN(C)C(=O)CC1)c1ccccc1OC. The molecule has 0 aromatic heterocycles. The maximum atomic E-state index is 12.4. The molecule has 1 atom stereocenters. The summed E-state index contributed by atoms with van der Waals surface area (Å²) in [6, 6.07) is 7.45. The number of hydrogen-bond acceptors (Lipinski definition) is 4. The largest absolute Gasteiger partial charge is 0.496 e. The monoisotopic (exact) mass is 303 g/mol. The Balaban J connectivity index is 2.15. The fraction of sp³-hybridized carbons (Fsp3) is 0.438. The number of benzene rings is 1. The number of carbonyl (C=O) groups is 2. The van der Waals surface area contributed by atoms with Crippen molar-refractivity contribution in [1.82, 2.24) is 10.3 Å². The standard InChI is InChI=1S/C16H21N3O3/c1-4-12(11-7-5-6-8-14(11)22-3)17-16(21)13-9-10-15(20)19(2)18-13/h5-8,12H,4,9-10H2,1-3H3,(H,17,21)/t12-/m0/s1. The highest BCUT2D eigenvalue weighted by Gasteiger charge is 2.24. The molecule has 118 valence electrons. The van der Waals surface area contributed by atoms with E-state index in [1.165, 1.54) is 5.01 Å². The molecule has 6 nitrogen and oxygen atoms in total. The van der Waals surface area contributed by atoms with E-state index in [-0.39, 0.29) is 17.9 Å². The molecule has 0 saturated heterocycles. The van der Waals surface area contributed by atoms with E-state index in [1.54, 1.807) is 14.2 Å². The predicted octanol–water partition coefficient (Wildman–Crippen LogP) is 1.87. The van der Waals surface area contributed by atoms with Crippen molar-refractivity contribution in [3.05, 3.63) is 29.8 Å². The molecule has 1 aromatic carbocycles. The van der Waals surface area contributed by atoms with Crippen LogP contribution in [0.25, 0.3) is 0 Å². The third-order valence-electron chi connectivity index (χ3n) is 3.70. The second-order valence-corrected chi connectivity index (χ2v) is 5.14. The number of para-hydroxylation sites is 1. The van der Waals surface area contributed by atoms with Gasteiger partial charge in [-0.3, -0.25) is 9.59 Å². The zero-order chi connectivity index (χ0) is 16.1. The number of hydrazone groups is 1. The number of rotatable bonds is 5. The van der Waals surface area contributed by atoms with Crippen molar-refractivity contribution >= 4 is 17.5 Å². The number of amides is 2. The fourth-order valence-corrected chi connectivity index (χ4v) is 2.43. The predicted molar refractivity (Wildman–Crippen MR) is 83.6 cm³/mol. The van der Waals surface area contributed by atoms with Crippen molar-refractivity contribution in [3.63, 3.8) is 0 Å². The zero-order valence-electron chi connectivity index (χ0n) is 13.1. The van der Waals surface area contributed by atoms with Gasteiger partial charge in [-0.1, -0.05) is 25.1 Å². The van der Waals surface area contributed by atoms with Gasteiger partial charge in [-0.15, -0.1) is 0 Å². The summed E-state index contributed by atoms with van der Waals surface area (Å²) in [6.07, 6.45) is 1.42. The number of nitrogens with zero attached hydrogens (tertiary/aromatic N) is 2. The van der Waals surface area contributed by atoms with Crippen LogP contribution in [0.15, 0.2) is 29.4 Å². The molecule has 0 spiro atoms. The lowest BCUT2D eigenvalue weighted by atomic mass is 10.0. The van der Waals surface area contributed by atoms with Gasteiger partial charge in [-0.2, -0.15) is 5.10 Å². The molecule has 1 N–H and O–H groups in total. The highest BCUT2D eigenvalue weighted by Crippen LogP contribution is 2.26. The van der Waals surface area contributed by atoms with Crippen LogP contribution in [0.2, 0.25) is 0 Å². The summed E-state index contributed by atoms with van der Waals surface area (Å²) in [5.41, 5.74) is 1.32. The first-order chi connectivity index (χ1) is 10.6. The van der Waals surface area contributed by atoms with Crippen molar-refractivity contribution in [2.75, 3.05) is 14.2 Å². The highest BCUT2D eigenvalue weighted by atomic mass is 16.5. The van der Waals surface area contributed by atoms with E-state index >= 15 is 0 Å². The average molecular weight is 303 g/mol. The van der Waals surface area contributed by atoms with Gasteiger partial charge in [0.05, 0.1) is 13.2 Å². The second-order valence-electron chi connectivity index (χ2n) is 5.14. The third-order valence-corrected chi connectivity index (χ3v) is 3.70. The molecular weight excluding hydrogens is 282 g/mol. The Kier molecular flexibility index (Phi) is 5.14. The van der Waals surface area contributed by atoms with Crippen LogP contribution in [-0.4, -0.2) is 36.7 Å². The van der Waals surface area contributed by atoms with E-state index < -0.39 is 0 Å². The molecule has 0 fully saturated rings. The van der Waals surface area contributed by atoms with E-state index in [0.717, 1.165) is 17.7 Å². The van der Waals surface area contributed by atoms with Gasteiger partial charge in [0.1, 0.15) is 11.5 Å². The molecule has 1 aromatic rings. The van der Waals surface area contributed by atoms with Gasteiger partial charge in [0.25, 0.3) is 5.91 Å². The van der Waals surface area contributed by atoms with Gasteiger partial charge < -0.3 is 10.1 Å². The van der Waals surface area contributed by atoms with Gasteiger partial charge in [-0.05, 0) is 12.5 Å². The quantitative estimate of drug-likeness (QED) is 0.902. The lowest BCUT2D eigenvalue weighted by Crippen LogP contribution is -2.39. The van der Waals surface area contributed by atoms with Gasteiger partial charge in [0.2, 0.25) is 5.91 Å². The van der Waals surface area contributed by atoms with E-state index in [4.69, 9.17) is 4.74 Å². The summed E-state index contributed by atoms with van der Waals surface area (Å²) in [5.74, 6) is 0.429. The Bertz CT molecular complexity index is 598. The molecule has 0 saturated carbocycles. The Morgan fingerprint density at radius 3 is 2.77 bits per heavy atom. The minimum Gasteiger partial charge on any atom is -0.496 e. The van der Waals surface area contributed by atoms with Crippen LogP contribution in [0.3, 0.4) is 0 Å². The van der Waals surface area contributed by atoms with Crippen molar-refractivity contribution in [2.24, 2.45) is 5.10 Å². The number of ether oxygens (including phenoxy) is 1. The Labute approximate surface area is 130 Å². The first-order valence-corrected chi connectivity index (χ1v) is 7.34. The third kappa shape index (κ3) is 3.44. The van der Waals surface area contributed by atoms with Gasteiger partial charge in [-0.25, -0.2) is 5.01 Å². The Morgan fingerprint density at radius 1 is 1.41 bits per heavy atom. The first kappa shape index (κ1) is 16.0. The average Bonchev–Trinajstić information content (AvgIpc) is 2.54.